The number of nitrogens with zero attached hydrogens (tertiary/aromatic N) is 3. The van der Waals surface area contributed by atoms with Crippen molar-refractivity contribution in [3.63, 3.8) is 0 Å². The lowest BCUT2D eigenvalue weighted by Crippen LogP contribution is -2.15. The van der Waals surface area contributed by atoms with E-state index in [4.69, 9.17) is 9.97 Å². The van der Waals surface area contributed by atoms with E-state index in [1.54, 1.807) is 6.20 Å². The molecule has 0 spiro atoms. The molecule has 6 aromatic carbocycles. The van der Waals surface area contributed by atoms with Crippen LogP contribution in [-0.2, 0) is 5.41 Å². The second-order valence-electron chi connectivity index (χ2n) is 13.3. The Morgan fingerprint density at radius 2 is 1.12 bits per heavy atom. The van der Waals surface area contributed by atoms with Crippen LogP contribution in [0, 0.1) is 0 Å². The molecule has 8 aromatic rings. The molecule has 1 aliphatic rings. The molecule has 0 amide bonds. The van der Waals surface area contributed by atoms with E-state index in [1.807, 2.05) is 30.5 Å². The van der Waals surface area contributed by atoms with Gasteiger partial charge in [0.2, 0.25) is 0 Å². The standard InChI is InChI=1S/C46H33N3/c1-46(2)40-16-8-15-37(43(40)39-26-25-31-10-6-7-14-38(31)44(39)46)32-19-23-34(24-20-32)42-28-41(48-45(49-42)35-11-4-3-5-12-35)33-21-17-30(18-22-33)36-13-9-27-47-29-36/h3-29H,1-2H3. The Morgan fingerprint density at radius 3 is 1.84 bits per heavy atom. The van der Waals surface area contributed by atoms with E-state index >= 15 is 0 Å². The Kier molecular flexibility index (Phi) is 6.80. The minimum Gasteiger partial charge on any atom is -0.264 e. The number of hydrogen-bond donors (Lipinski definition) is 0. The smallest absolute Gasteiger partial charge is 0.160 e. The van der Waals surface area contributed by atoms with Crippen LogP contribution < -0.4 is 0 Å². The number of rotatable bonds is 5. The number of hydrogen-bond acceptors (Lipinski definition) is 3. The van der Waals surface area contributed by atoms with Gasteiger partial charge in [-0.2, -0.15) is 0 Å². The van der Waals surface area contributed by atoms with Crippen LogP contribution in [0.5, 0.6) is 0 Å². The lowest BCUT2D eigenvalue weighted by atomic mass is 9.80. The Morgan fingerprint density at radius 1 is 0.469 bits per heavy atom. The zero-order valence-corrected chi connectivity index (χ0v) is 27.4. The lowest BCUT2D eigenvalue weighted by molar-refractivity contribution is 0.666. The van der Waals surface area contributed by atoms with Crippen LogP contribution in [0.25, 0.3) is 78.1 Å². The fourth-order valence-corrected chi connectivity index (χ4v) is 7.54. The summed E-state index contributed by atoms with van der Waals surface area (Å²) in [6.45, 7) is 4.72. The summed E-state index contributed by atoms with van der Waals surface area (Å²) in [4.78, 5) is 14.4. The van der Waals surface area contributed by atoms with Gasteiger partial charge in [0, 0.05) is 34.5 Å². The Balaban J connectivity index is 1.13. The highest BCUT2D eigenvalue weighted by atomic mass is 14.9. The summed E-state index contributed by atoms with van der Waals surface area (Å²) in [5, 5.41) is 2.62. The summed E-state index contributed by atoms with van der Waals surface area (Å²) in [5.41, 5.74) is 14.9. The van der Waals surface area contributed by atoms with Crippen molar-refractivity contribution in [1.82, 2.24) is 15.0 Å². The summed E-state index contributed by atoms with van der Waals surface area (Å²) in [7, 11) is 0. The minimum atomic E-state index is -0.0944. The van der Waals surface area contributed by atoms with Crippen molar-refractivity contribution < 1.29 is 0 Å². The molecule has 0 fully saturated rings. The molecule has 0 unspecified atom stereocenters. The van der Waals surface area contributed by atoms with Crippen LogP contribution in [-0.4, -0.2) is 15.0 Å². The van der Waals surface area contributed by atoms with Crippen molar-refractivity contribution >= 4 is 10.8 Å². The first kappa shape index (κ1) is 29.0. The molecular formula is C46H33N3. The first-order valence-electron chi connectivity index (χ1n) is 16.8. The summed E-state index contributed by atoms with van der Waals surface area (Å²) in [5.74, 6) is 0.709. The molecule has 3 heteroatoms. The lowest BCUT2D eigenvalue weighted by Gasteiger charge is -2.23. The van der Waals surface area contributed by atoms with Crippen molar-refractivity contribution in [2.75, 3.05) is 0 Å². The van der Waals surface area contributed by atoms with Gasteiger partial charge in [-0.3, -0.25) is 4.98 Å². The predicted octanol–water partition coefficient (Wildman–Crippen LogP) is 11.7. The molecule has 0 radical (unpaired) electrons. The van der Waals surface area contributed by atoms with Crippen molar-refractivity contribution in [1.29, 1.82) is 0 Å². The van der Waals surface area contributed by atoms with Crippen LogP contribution in [0.15, 0.2) is 164 Å². The van der Waals surface area contributed by atoms with Crippen LogP contribution in [0.4, 0.5) is 0 Å². The van der Waals surface area contributed by atoms with Crippen LogP contribution >= 0.6 is 0 Å². The number of pyridine rings is 1. The van der Waals surface area contributed by atoms with E-state index in [0.717, 1.165) is 39.2 Å². The third-order valence-corrected chi connectivity index (χ3v) is 9.99. The van der Waals surface area contributed by atoms with Gasteiger partial charge in [-0.1, -0.05) is 153 Å². The van der Waals surface area contributed by atoms with Crippen molar-refractivity contribution in [2.24, 2.45) is 0 Å². The summed E-state index contributed by atoms with van der Waals surface area (Å²) >= 11 is 0. The van der Waals surface area contributed by atoms with Crippen molar-refractivity contribution in [3.05, 3.63) is 175 Å². The second-order valence-corrected chi connectivity index (χ2v) is 13.3. The minimum absolute atomic E-state index is 0.0944. The Hall–Kier alpha value is -6.19. The molecule has 2 heterocycles. The van der Waals surface area contributed by atoms with E-state index < -0.39 is 0 Å². The molecule has 2 aromatic heterocycles. The summed E-state index contributed by atoms with van der Waals surface area (Å²) in [6, 6.07) is 53.9. The van der Waals surface area contributed by atoms with Gasteiger partial charge in [-0.05, 0) is 67.4 Å². The largest absolute Gasteiger partial charge is 0.264 e. The highest BCUT2D eigenvalue weighted by Gasteiger charge is 2.38. The van der Waals surface area contributed by atoms with E-state index in [2.05, 4.69) is 146 Å². The van der Waals surface area contributed by atoms with Gasteiger partial charge >= 0.3 is 0 Å². The second kappa shape index (κ2) is 11.5. The van der Waals surface area contributed by atoms with Gasteiger partial charge in [-0.25, -0.2) is 9.97 Å². The maximum atomic E-state index is 5.08. The van der Waals surface area contributed by atoms with E-state index in [1.165, 1.54) is 44.2 Å². The third kappa shape index (κ3) is 4.94. The molecule has 1 aliphatic carbocycles. The molecule has 0 aliphatic heterocycles. The van der Waals surface area contributed by atoms with Crippen LogP contribution in [0.2, 0.25) is 0 Å². The Labute approximate surface area is 286 Å². The monoisotopic (exact) mass is 627 g/mol. The zero-order chi connectivity index (χ0) is 33.0. The highest BCUT2D eigenvalue weighted by Crippen LogP contribution is 2.54. The first-order chi connectivity index (χ1) is 24.0. The normalized spacial score (nSPS) is 12.9. The maximum Gasteiger partial charge on any atom is 0.160 e. The van der Waals surface area contributed by atoms with E-state index in [-0.39, 0.29) is 5.41 Å². The van der Waals surface area contributed by atoms with Crippen LogP contribution in [0.1, 0.15) is 25.0 Å². The number of aromatic nitrogens is 3. The van der Waals surface area contributed by atoms with Crippen molar-refractivity contribution in [3.8, 4) is 67.3 Å². The van der Waals surface area contributed by atoms with E-state index in [0.29, 0.717) is 5.82 Å². The molecular weight excluding hydrogens is 595 g/mol. The van der Waals surface area contributed by atoms with Gasteiger partial charge in [-0.15, -0.1) is 0 Å². The van der Waals surface area contributed by atoms with Crippen LogP contribution in [0.3, 0.4) is 0 Å². The topological polar surface area (TPSA) is 38.7 Å². The average Bonchev–Trinajstić information content (AvgIpc) is 3.42. The number of benzene rings is 6. The van der Waals surface area contributed by atoms with Gasteiger partial charge in [0.15, 0.2) is 5.82 Å². The Bertz CT molecular complexity index is 2480. The molecule has 49 heavy (non-hydrogen) atoms. The molecule has 232 valence electrons. The molecule has 0 saturated carbocycles. The SMILES string of the molecule is CC1(C)c2cccc(-c3ccc(-c4cc(-c5ccc(-c6cccnc6)cc5)nc(-c5ccccc5)n4)cc3)c2-c2ccc3ccccc3c21. The van der Waals surface area contributed by atoms with E-state index in [9.17, 15) is 0 Å². The summed E-state index contributed by atoms with van der Waals surface area (Å²) in [6.07, 6.45) is 3.69. The van der Waals surface area contributed by atoms with Gasteiger partial charge in [0.25, 0.3) is 0 Å². The third-order valence-electron chi connectivity index (χ3n) is 9.99. The zero-order valence-electron chi connectivity index (χ0n) is 27.4. The fourth-order valence-electron chi connectivity index (χ4n) is 7.54. The fraction of sp³-hybridized carbons (Fsp3) is 0.0652. The quantitative estimate of drug-likeness (QED) is 0.191. The highest BCUT2D eigenvalue weighted by molar-refractivity contribution is 6.01. The predicted molar refractivity (Wildman–Crippen MR) is 202 cm³/mol. The number of fused-ring (bicyclic) bond motifs is 5. The maximum absolute atomic E-state index is 5.08. The molecule has 0 saturated heterocycles. The first-order valence-corrected chi connectivity index (χ1v) is 16.8. The van der Waals surface area contributed by atoms with Crippen molar-refractivity contribution in [2.45, 2.75) is 19.3 Å². The molecule has 0 bridgehead atoms. The molecule has 9 rings (SSSR count). The average molecular weight is 628 g/mol. The summed E-state index contributed by atoms with van der Waals surface area (Å²) < 4.78 is 0. The molecule has 0 atom stereocenters. The molecule has 0 N–H and O–H groups in total. The van der Waals surface area contributed by atoms with Gasteiger partial charge < -0.3 is 0 Å². The van der Waals surface area contributed by atoms with Gasteiger partial charge in [0.05, 0.1) is 11.4 Å². The van der Waals surface area contributed by atoms with Gasteiger partial charge in [0.1, 0.15) is 0 Å². The molecule has 3 nitrogen and oxygen atoms in total.